The van der Waals surface area contributed by atoms with Crippen LogP contribution in [-0.4, -0.2) is 36.2 Å². The molecule has 0 atom stereocenters. The van der Waals surface area contributed by atoms with E-state index in [0.29, 0.717) is 12.8 Å². The third-order valence-corrected chi connectivity index (χ3v) is 5.69. The van der Waals surface area contributed by atoms with Crippen LogP contribution in [0.3, 0.4) is 0 Å². The molecule has 2 heterocycles. The van der Waals surface area contributed by atoms with E-state index >= 15 is 0 Å². The van der Waals surface area contributed by atoms with Gasteiger partial charge in [-0.1, -0.05) is 24.3 Å². The third-order valence-electron chi connectivity index (χ3n) is 5.69. The minimum Gasteiger partial charge on any atom is -0.385 e. The fraction of sp³-hybridized carbons (Fsp3) is 0.429. The molecule has 0 radical (unpaired) electrons. The fourth-order valence-electron chi connectivity index (χ4n) is 3.98. The number of hydrogen-bond donors (Lipinski definition) is 3. The smallest absolute Gasteiger partial charge is 0.123 e. The topological polar surface area (TPSA) is 50.8 Å². The van der Waals surface area contributed by atoms with Crippen LogP contribution in [0.5, 0.6) is 0 Å². The second kappa shape index (κ2) is 7.84. The average Bonchev–Trinajstić information content (AvgIpc) is 3.10. The molecular formula is C21H27FN4O. The molecule has 0 unspecified atom stereocenters. The lowest BCUT2D eigenvalue weighted by atomic mass is 9.84. The van der Waals surface area contributed by atoms with Crippen molar-refractivity contribution in [2.45, 2.75) is 31.3 Å². The highest BCUT2D eigenvalue weighted by atomic mass is 19.1. The van der Waals surface area contributed by atoms with Crippen LogP contribution in [0, 0.1) is 5.82 Å². The maximum atomic E-state index is 13.1. The van der Waals surface area contributed by atoms with Gasteiger partial charge in [0.2, 0.25) is 0 Å². The maximum Gasteiger partial charge on any atom is 0.123 e. The van der Waals surface area contributed by atoms with Gasteiger partial charge in [-0.05, 0) is 62.1 Å². The number of unbranched alkanes of at least 4 members (excludes halogenated alkanes) is 1. The zero-order valence-electron chi connectivity index (χ0n) is 15.5. The summed E-state index contributed by atoms with van der Waals surface area (Å²) in [4.78, 5) is 2.42. The molecule has 3 N–H and O–H groups in total. The van der Waals surface area contributed by atoms with Gasteiger partial charge in [0.05, 0.1) is 17.0 Å². The number of fused-ring (bicyclic) bond motifs is 1. The Morgan fingerprint density at radius 2 is 1.67 bits per heavy atom. The van der Waals surface area contributed by atoms with Crippen molar-refractivity contribution in [3.8, 4) is 0 Å². The molecule has 2 aromatic carbocycles. The maximum absolute atomic E-state index is 13.1. The average molecular weight is 370 g/mol. The normalized spacial score (nSPS) is 19.0. The summed E-state index contributed by atoms with van der Waals surface area (Å²) in [5, 5.41) is 13.0. The summed E-state index contributed by atoms with van der Waals surface area (Å²) >= 11 is 0. The number of rotatable bonds is 6. The lowest BCUT2D eigenvalue weighted by Crippen LogP contribution is -2.43. The predicted octanol–water partition coefficient (Wildman–Crippen LogP) is 3.24. The molecule has 0 spiro atoms. The first-order chi connectivity index (χ1) is 13.1. The second-order valence-electron chi connectivity index (χ2n) is 7.49. The Hall–Kier alpha value is -2.15. The Balaban J connectivity index is 1.20. The quantitative estimate of drug-likeness (QED) is 0.682. The molecule has 6 heteroatoms. The number of piperidine rings is 1. The standard InChI is InChI=1S/C21H27FN4O/c22-18-9-7-17(8-10-18)21(27)11-15-25(16-12-21)13-3-4-14-26-20-6-2-1-5-19(20)23-24-26/h1-2,5-10,23-24,27H,3-4,11-16H2. The number of halogens is 1. The van der Waals surface area contributed by atoms with Crippen molar-refractivity contribution in [1.82, 2.24) is 10.4 Å². The zero-order chi connectivity index (χ0) is 18.7. The Labute approximate surface area is 159 Å². The summed E-state index contributed by atoms with van der Waals surface area (Å²) in [5.74, 6) is -0.259. The Morgan fingerprint density at radius 3 is 2.44 bits per heavy atom. The largest absolute Gasteiger partial charge is 0.385 e. The van der Waals surface area contributed by atoms with Gasteiger partial charge in [0.25, 0.3) is 0 Å². The minimum atomic E-state index is -0.820. The van der Waals surface area contributed by atoms with Crippen molar-refractivity contribution in [1.29, 1.82) is 0 Å². The SMILES string of the molecule is OC1(c2ccc(F)cc2)CCN(CCCCN2NNc3ccccc32)CC1. The van der Waals surface area contributed by atoms with Crippen molar-refractivity contribution in [3.05, 3.63) is 59.9 Å². The van der Waals surface area contributed by atoms with Crippen LogP contribution in [-0.2, 0) is 5.60 Å². The first kappa shape index (κ1) is 18.2. The van der Waals surface area contributed by atoms with Crippen molar-refractivity contribution < 1.29 is 9.50 Å². The van der Waals surface area contributed by atoms with Crippen LogP contribution in [0.4, 0.5) is 15.8 Å². The fourth-order valence-corrected chi connectivity index (χ4v) is 3.98. The molecule has 4 rings (SSSR count). The Morgan fingerprint density at radius 1 is 0.963 bits per heavy atom. The molecule has 1 saturated heterocycles. The molecule has 0 bridgehead atoms. The minimum absolute atomic E-state index is 0.259. The van der Waals surface area contributed by atoms with Gasteiger partial charge in [0, 0.05) is 19.6 Å². The molecule has 0 saturated carbocycles. The van der Waals surface area contributed by atoms with E-state index in [1.807, 2.05) is 6.07 Å². The highest BCUT2D eigenvalue weighted by Crippen LogP contribution is 2.33. The van der Waals surface area contributed by atoms with Crippen LogP contribution >= 0.6 is 0 Å². The summed E-state index contributed by atoms with van der Waals surface area (Å²) < 4.78 is 13.1. The van der Waals surface area contributed by atoms with Gasteiger partial charge in [-0.2, -0.15) is 0 Å². The molecule has 2 aromatic rings. The van der Waals surface area contributed by atoms with E-state index in [9.17, 15) is 9.50 Å². The number of anilines is 2. The van der Waals surface area contributed by atoms with Gasteiger partial charge < -0.3 is 15.4 Å². The van der Waals surface area contributed by atoms with E-state index in [-0.39, 0.29) is 5.82 Å². The number of aliphatic hydroxyl groups is 1. The van der Waals surface area contributed by atoms with E-state index < -0.39 is 5.60 Å². The molecule has 144 valence electrons. The number of hydrazine groups is 2. The molecular weight excluding hydrogens is 343 g/mol. The van der Waals surface area contributed by atoms with Gasteiger partial charge in [-0.25, -0.2) is 4.39 Å². The van der Waals surface area contributed by atoms with E-state index in [0.717, 1.165) is 50.3 Å². The second-order valence-corrected chi connectivity index (χ2v) is 7.49. The predicted molar refractivity (Wildman–Crippen MR) is 106 cm³/mol. The van der Waals surface area contributed by atoms with Crippen LogP contribution in [0.25, 0.3) is 0 Å². The Kier molecular flexibility index (Phi) is 5.29. The molecule has 2 aliphatic heterocycles. The van der Waals surface area contributed by atoms with Gasteiger partial charge in [-0.3, -0.25) is 5.01 Å². The number of nitrogens with zero attached hydrogens (tertiary/aromatic N) is 2. The summed E-state index contributed by atoms with van der Waals surface area (Å²) in [5.41, 5.74) is 8.71. The highest BCUT2D eigenvalue weighted by Gasteiger charge is 2.33. The summed E-state index contributed by atoms with van der Waals surface area (Å²) in [7, 11) is 0. The summed E-state index contributed by atoms with van der Waals surface area (Å²) in [6.07, 6.45) is 3.62. The van der Waals surface area contributed by atoms with Gasteiger partial charge >= 0.3 is 0 Å². The lowest BCUT2D eigenvalue weighted by molar-refractivity contribution is -0.0261. The Bertz CT molecular complexity index is 759. The van der Waals surface area contributed by atoms with E-state index in [2.05, 4.69) is 39.1 Å². The van der Waals surface area contributed by atoms with E-state index in [4.69, 9.17) is 0 Å². The van der Waals surface area contributed by atoms with Crippen LogP contribution in [0.2, 0.25) is 0 Å². The number of benzene rings is 2. The number of likely N-dealkylation sites (tertiary alicyclic amines) is 1. The van der Waals surface area contributed by atoms with Crippen molar-refractivity contribution in [3.63, 3.8) is 0 Å². The number of hydrogen-bond acceptors (Lipinski definition) is 5. The van der Waals surface area contributed by atoms with Crippen molar-refractivity contribution in [2.24, 2.45) is 0 Å². The van der Waals surface area contributed by atoms with Crippen molar-refractivity contribution >= 4 is 11.4 Å². The first-order valence-corrected chi connectivity index (χ1v) is 9.73. The van der Waals surface area contributed by atoms with Crippen LogP contribution < -0.4 is 16.0 Å². The third kappa shape index (κ3) is 4.08. The van der Waals surface area contributed by atoms with Gasteiger partial charge in [-0.15, -0.1) is 5.53 Å². The molecule has 2 aliphatic rings. The summed E-state index contributed by atoms with van der Waals surface area (Å²) in [6, 6.07) is 14.5. The number of nitrogens with one attached hydrogen (secondary N) is 2. The zero-order valence-corrected chi connectivity index (χ0v) is 15.5. The van der Waals surface area contributed by atoms with Crippen LogP contribution in [0.1, 0.15) is 31.2 Å². The molecule has 0 aromatic heterocycles. The van der Waals surface area contributed by atoms with E-state index in [1.54, 1.807) is 12.1 Å². The molecule has 0 amide bonds. The molecule has 0 aliphatic carbocycles. The van der Waals surface area contributed by atoms with Crippen LogP contribution in [0.15, 0.2) is 48.5 Å². The van der Waals surface area contributed by atoms with Gasteiger partial charge in [0.15, 0.2) is 0 Å². The monoisotopic (exact) mass is 370 g/mol. The summed E-state index contributed by atoms with van der Waals surface area (Å²) in [6.45, 7) is 3.75. The lowest BCUT2D eigenvalue weighted by Gasteiger charge is -2.38. The number of para-hydroxylation sites is 2. The highest BCUT2D eigenvalue weighted by molar-refractivity contribution is 5.72. The van der Waals surface area contributed by atoms with Gasteiger partial charge in [0.1, 0.15) is 5.82 Å². The van der Waals surface area contributed by atoms with Crippen molar-refractivity contribution in [2.75, 3.05) is 36.6 Å². The molecule has 5 nitrogen and oxygen atoms in total. The first-order valence-electron chi connectivity index (χ1n) is 9.73. The molecule has 27 heavy (non-hydrogen) atoms. The van der Waals surface area contributed by atoms with E-state index in [1.165, 1.54) is 17.8 Å². The molecule has 1 fully saturated rings.